The van der Waals surface area contributed by atoms with E-state index in [1.165, 1.54) is 12.1 Å². The Morgan fingerprint density at radius 2 is 1.59 bits per heavy atom. The summed E-state index contributed by atoms with van der Waals surface area (Å²) < 4.78 is 25.1. The number of carbonyl (C=O) groups excluding carboxylic acids is 1. The third kappa shape index (κ3) is 5.76. The van der Waals surface area contributed by atoms with E-state index < -0.39 is 6.10 Å². The molecule has 0 radical (unpaired) electrons. The quantitative estimate of drug-likeness (QED) is 0.195. The molecule has 0 aliphatic rings. The first-order valence-electron chi connectivity index (χ1n) is 11.9. The number of fused-ring (bicyclic) bond motifs is 2. The van der Waals surface area contributed by atoms with Gasteiger partial charge in [-0.1, -0.05) is 72.8 Å². The lowest BCUT2D eigenvalue weighted by Gasteiger charge is -2.14. The minimum Gasteiger partial charge on any atom is -0.488 e. The molecule has 0 aliphatic heterocycles. The zero-order valence-electron chi connectivity index (χ0n) is 20.2. The van der Waals surface area contributed by atoms with E-state index in [-0.39, 0.29) is 18.3 Å². The van der Waals surface area contributed by atoms with Crippen LogP contribution in [0.5, 0.6) is 11.5 Å². The Labute approximate surface area is 214 Å². The number of hydrazone groups is 1. The number of hydrogen-bond donors (Lipinski definition) is 1. The third-order valence-electron chi connectivity index (χ3n) is 6.01. The SMILES string of the molecule is C[C@H](Oc1ccc2ccccc2c1)C(=O)N/N=C\c1c(OCc2ccc(F)cc2)ccc2ccccc12. The van der Waals surface area contributed by atoms with Crippen LogP contribution >= 0.6 is 0 Å². The molecule has 5 rings (SSSR count). The fourth-order valence-corrected chi connectivity index (χ4v) is 4.03. The highest BCUT2D eigenvalue weighted by Gasteiger charge is 2.15. The standard InChI is InChI=1S/C31H25FN2O3/c1-21(37-27-16-12-23-6-2-3-8-25(23)18-27)31(35)34-33-19-29-28-9-5-4-7-24(28)13-17-30(29)36-20-22-10-14-26(32)15-11-22/h2-19,21H,20H2,1H3,(H,34,35)/b33-19-/t21-/m0/s1. The average molecular weight is 493 g/mol. The average Bonchev–Trinajstić information content (AvgIpc) is 2.93. The summed E-state index contributed by atoms with van der Waals surface area (Å²) in [7, 11) is 0. The van der Waals surface area contributed by atoms with Crippen molar-refractivity contribution in [2.45, 2.75) is 19.6 Å². The number of carbonyl (C=O) groups is 1. The molecule has 184 valence electrons. The Morgan fingerprint density at radius 1 is 0.892 bits per heavy atom. The summed E-state index contributed by atoms with van der Waals surface area (Å²) in [6, 6.07) is 31.5. The van der Waals surface area contributed by atoms with Crippen LogP contribution < -0.4 is 14.9 Å². The first kappa shape index (κ1) is 24.0. The van der Waals surface area contributed by atoms with E-state index in [0.717, 1.165) is 32.7 Å². The lowest BCUT2D eigenvalue weighted by molar-refractivity contribution is -0.127. The normalized spacial score (nSPS) is 12.1. The van der Waals surface area contributed by atoms with Gasteiger partial charge in [0.2, 0.25) is 0 Å². The lowest BCUT2D eigenvalue weighted by Crippen LogP contribution is -2.33. The number of benzene rings is 5. The van der Waals surface area contributed by atoms with E-state index in [2.05, 4.69) is 10.5 Å². The molecule has 1 amide bonds. The highest BCUT2D eigenvalue weighted by molar-refractivity contribution is 6.02. The zero-order chi connectivity index (χ0) is 25.6. The molecule has 1 atom stereocenters. The molecule has 0 aromatic heterocycles. The largest absolute Gasteiger partial charge is 0.488 e. The number of amides is 1. The molecule has 0 saturated carbocycles. The highest BCUT2D eigenvalue weighted by atomic mass is 19.1. The van der Waals surface area contributed by atoms with Crippen LogP contribution in [-0.4, -0.2) is 18.2 Å². The number of hydrogen-bond acceptors (Lipinski definition) is 4. The minimum atomic E-state index is -0.750. The summed E-state index contributed by atoms with van der Waals surface area (Å²) in [5.74, 6) is 0.535. The van der Waals surface area contributed by atoms with Gasteiger partial charge >= 0.3 is 0 Å². The second-order valence-corrected chi connectivity index (χ2v) is 8.62. The highest BCUT2D eigenvalue weighted by Crippen LogP contribution is 2.27. The molecule has 0 heterocycles. The van der Waals surface area contributed by atoms with E-state index in [0.29, 0.717) is 11.5 Å². The molecule has 0 fully saturated rings. The fourth-order valence-electron chi connectivity index (χ4n) is 4.03. The second kappa shape index (κ2) is 10.9. The van der Waals surface area contributed by atoms with Gasteiger partial charge in [0.15, 0.2) is 6.10 Å². The second-order valence-electron chi connectivity index (χ2n) is 8.62. The Morgan fingerprint density at radius 3 is 2.41 bits per heavy atom. The van der Waals surface area contributed by atoms with Crippen molar-refractivity contribution in [2.75, 3.05) is 0 Å². The number of ether oxygens (including phenoxy) is 2. The van der Waals surface area contributed by atoms with Crippen LogP contribution in [0.25, 0.3) is 21.5 Å². The summed E-state index contributed by atoms with van der Waals surface area (Å²) in [6.45, 7) is 1.94. The fraction of sp³-hybridized carbons (Fsp3) is 0.0968. The number of halogens is 1. The van der Waals surface area contributed by atoms with Gasteiger partial charge in [-0.15, -0.1) is 0 Å². The smallest absolute Gasteiger partial charge is 0.280 e. The van der Waals surface area contributed by atoms with Crippen LogP contribution in [0.1, 0.15) is 18.1 Å². The van der Waals surface area contributed by atoms with Crippen LogP contribution in [0, 0.1) is 5.82 Å². The van der Waals surface area contributed by atoms with E-state index in [9.17, 15) is 9.18 Å². The topological polar surface area (TPSA) is 59.9 Å². The van der Waals surface area contributed by atoms with Crippen LogP contribution in [0.3, 0.4) is 0 Å². The van der Waals surface area contributed by atoms with Crippen molar-refractivity contribution >= 4 is 33.7 Å². The van der Waals surface area contributed by atoms with Crippen molar-refractivity contribution in [3.8, 4) is 11.5 Å². The Hall–Kier alpha value is -4.71. The summed E-state index contributed by atoms with van der Waals surface area (Å²) in [6.07, 6.45) is 0.822. The Kier molecular flexibility index (Phi) is 7.08. The molecular weight excluding hydrogens is 467 g/mol. The molecule has 0 unspecified atom stereocenters. The molecule has 1 N–H and O–H groups in total. The van der Waals surface area contributed by atoms with Crippen LogP contribution in [-0.2, 0) is 11.4 Å². The zero-order valence-corrected chi connectivity index (χ0v) is 20.2. The number of nitrogens with zero attached hydrogens (tertiary/aromatic N) is 1. The van der Waals surface area contributed by atoms with Crippen molar-refractivity contribution in [3.63, 3.8) is 0 Å². The Bertz CT molecular complexity index is 1580. The molecule has 0 spiro atoms. The van der Waals surface area contributed by atoms with E-state index in [4.69, 9.17) is 9.47 Å². The van der Waals surface area contributed by atoms with Crippen molar-refractivity contribution in [1.29, 1.82) is 0 Å². The maximum absolute atomic E-state index is 13.2. The molecule has 5 aromatic rings. The van der Waals surface area contributed by atoms with Gasteiger partial charge in [-0.2, -0.15) is 5.10 Å². The van der Waals surface area contributed by atoms with Crippen LogP contribution in [0.15, 0.2) is 108 Å². The van der Waals surface area contributed by atoms with Crippen molar-refractivity contribution in [2.24, 2.45) is 5.10 Å². The van der Waals surface area contributed by atoms with E-state index >= 15 is 0 Å². The van der Waals surface area contributed by atoms with Crippen molar-refractivity contribution < 1.29 is 18.7 Å². The van der Waals surface area contributed by atoms with Gasteiger partial charge in [-0.25, -0.2) is 9.82 Å². The molecule has 5 aromatic carbocycles. The van der Waals surface area contributed by atoms with Gasteiger partial charge in [0.05, 0.1) is 6.21 Å². The van der Waals surface area contributed by atoms with Crippen molar-refractivity contribution in [3.05, 3.63) is 120 Å². The maximum Gasteiger partial charge on any atom is 0.280 e. The van der Waals surface area contributed by atoms with Gasteiger partial charge in [0.25, 0.3) is 5.91 Å². The maximum atomic E-state index is 13.2. The summed E-state index contributed by atoms with van der Waals surface area (Å²) >= 11 is 0. The van der Waals surface area contributed by atoms with Gasteiger partial charge in [-0.05, 0) is 64.4 Å². The van der Waals surface area contributed by atoms with Crippen molar-refractivity contribution in [1.82, 2.24) is 5.43 Å². The minimum absolute atomic E-state index is 0.266. The van der Waals surface area contributed by atoms with Crippen LogP contribution in [0.4, 0.5) is 4.39 Å². The van der Waals surface area contributed by atoms with Gasteiger partial charge in [0.1, 0.15) is 23.9 Å². The van der Waals surface area contributed by atoms with Gasteiger partial charge in [-0.3, -0.25) is 4.79 Å². The summed E-state index contributed by atoms with van der Waals surface area (Å²) in [4.78, 5) is 12.7. The molecule has 0 saturated heterocycles. The predicted octanol–water partition coefficient (Wildman–Crippen LogP) is 6.63. The van der Waals surface area contributed by atoms with Gasteiger partial charge < -0.3 is 9.47 Å². The van der Waals surface area contributed by atoms with E-state index in [1.54, 1.807) is 25.3 Å². The summed E-state index contributed by atoms with van der Waals surface area (Å²) in [5, 5.41) is 8.28. The molecular formula is C31H25FN2O3. The number of rotatable bonds is 8. The third-order valence-corrected chi connectivity index (χ3v) is 6.01. The molecule has 37 heavy (non-hydrogen) atoms. The molecule has 0 aliphatic carbocycles. The summed E-state index contributed by atoms with van der Waals surface area (Å²) in [5.41, 5.74) is 4.13. The number of nitrogens with one attached hydrogen (secondary N) is 1. The predicted molar refractivity (Wildman–Crippen MR) is 144 cm³/mol. The lowest BCUT2D eigenvalue weighted by atomic mass is 10.0. The first-order valence-corrected chi connectivity index (χ1v) is 11.9. The molecule has 6 heteroatoms. The Balaban J connectivity index is 1.29. The molecule has 0 bridgehead atoms. The van der Waals surface area contributed by atoms with Gasteiger partial charge in [0, 0.05) is 5.56 Å². The van der Waals surface area contributed by atoms with Crippen LogP contribution in [0.2, 0.25) is 0 Å². The first-order chi connectivity index (χ1) is 18.1. The van der Waals surface area contributed by atoms with E-state index in [1.807, 2.05) is 78.9 Å². The monoisotopic (exact) mass is 492 g/mol. The molecule has 5 nitrogen and oxygen atoms in total.